The molecule has 1 aliphatic heterocycles. The number of cyclic esters (lactones) is 1. The van der Waals surface area contributed by atoms with Crippen molar-refractivity contribution in [3.05, 3.63) is 60.7 Å². The van der Waals surface area contributed by atoms with Crippen LogP contribution in [0, 0.1) is 11.8 Å². The van der Waals surface area contributed by atoms with Gasteiger partial charge in [-0.1, -0.05) is 82.2 Å². The van der Waals surface area contributed by atoms with E-state index in [0.717, 1.165) is 48.8 Å². The van der Waals surface area contributed by atoms with Gasteiger partial charge in [0.15, 0.2) is 0 Å². The van der Waals surface area contributed by atoms with Crippen LogP contribution in [0.1, 0.15) is 110 Å². The molecule has 4 rings (SSSR count). The van der Waals surface area contributed by atoms with Crippen LogP contribution in [-0.4, -0.2) is 37.9 Å². The summed E-state index contributed by atoms with van der Waals surface area (Å²) in [7, 11) is 0. The van der Waals surface area contributed by atoms with Crippen molar-refractivity contribution in [1.82, 2.24) is 0 Å². The van der Waals surface area contributed by atoms with Gasteiger partial charge in [-0.15, -0.1) is 0 Å². The van der Waals surface area contributed by atoms with E-state index in [9.17, 15) is 9.59 Å². The van der Waals surface area contributed by atoms with Crippen LogP contribution in [0.25, 0.3) is 11.1 Å². The zero-order valence-corrected chi connectivity index (χ0v) is 27.4. The van der Waals surface area contributed by atoms with Gasteiger partial charge >= 0.3 is 11.9 Å². The van der Waals surface area contributed by atoms with Crippen molar-refractivity contribution in [2.45, 2.75) is 116 Å². The van der Waals surface area contributed by atoms with Crippen molar-refractivity contribution in [3.8, 4) is 22.6 Å². The molecule has 6 heteroatoms. The number of ether oxygens (including phenoxy) is 4. The van der Waals surface area contributed by atoms with Crippen molar-refractivity contribution in [3.63, 3.8) is 0 Å². The fourth-order valence-electron chi connectivity index (χ4n) is 6.47. The highest BCUT2D eigenvalue weighted by atomic mass is 16.5. The van der Waals surface area contributed by atoms with Crippen LogP contribution >= 0.6 is 0 Å². The maximum absolute atomic E-state index is 11.7. The van der Waals surface area contributed by atoms with Gasteiger partial charge in [0.05, 0.1) is 19.3 Å². The number of carbonyl (C=O) groups excluding carboxylic acids is 2. The first-order chi connectivity index (χ1) is 22.0. The minimum atomic E-state index is -0.412. The summed E-state index contributed by atoms with van der Waals surface area (Å²) in [5, 5.41) is 0. The van der Waals surface area contributed by atoms with Gasteiger partial charge in [-0.3, -0.25) is 4.79 Å². The minimum Gasteiger partial charge on any atom is -0.494 e. The number of unbranched alkanes of at least 4 members (excludes halogenated alkanes) is 9. The van der Waals surface area contributed by atoms with Crippen molar-refractivity contribution >= 4 is 11.9 Å². The molecule has 2 aliphatic rings. The molecule has 2 aromatic rings. The highest BCUT2D eigenvalue weighted by Gasteiger charge is 2.31. The number of hydrogen-bond donors (Lipinski definition) is 0. The third-order valence-electron chi connectivity index (χ3n) is 9.33. The van der Waals surface area contributed by atoms with E-state index < -0.39 is 5.97 Å². The minimum absolute atomic E-state index is 0.0196. The Morgan fingerprint density at radius 3 is 1.78 bits per heavy atom. The van der Waals surface area contributed by atoms with Crippen LogP contribution in [0.15, 0.2) is 60.7 Å². The lowest BCUT2D eigenvalue weighted by atomic mass is 9.77. The second-order valence-corrected chi connectivity index (χ2v) is 13.0. The van der Waals surface area contributed by atoms with E-state index in [2.05, 4.69) is 18.7 Å². The normalized spacial score (nSPS) is 19.9. The lowest BCUT2D eigenvalue weighted by Crippen LogP contribution is -2.32. The fourth-order valence-corrected chi connectivity index (χ4v) is 6.47. The summed E-state index contributed by atoms with van der Waals surface area (Å²) in [6.07, 6.45) is 19.5. The Labute approximate surface area is 270 Å². The molecule has 0 spiro atoms. The predicted octanol–water partition coefficient (Wildman–Crippen LogP) is 9.64. The van der Waals surface area contributed by atoms with Crippen LogP contribution in [-0.2, 0) is 19.1 Å². The fraction of sp³-hybridized carbons (Fsp3) is 0.590. The molecule has 1 aliphatic carbocycles. The van der Waals surface area contributed by atoms with Crippen LogP contribution in [0.2, 0.25) is 0 Å². The van der Waals surface area contributed by atoms with Crippen LogP contribution < -0.4 is 9.47 Å². The Morgan fingerprint density at radius 2 is 1.24 bits per heavy atom. The lowest BCUT2D eigenvalue weighted by Gasteiger charge is -2.35. The van der Waals surface area contributed by atoms with E-state index in [-0.39, 0.29) is 5.97 Å². The van der Waals surface area contributed by atoms with Gasteiger partial charge in [0.1, 0.15) is 11.5 Å². The molecule has 45 heavy (non-hydrogen) atoms. The molecular weight excluding hydrogens is 564 g/mol. The van der Waals surface area contributed by atoms with Gasteiger partial charge in [-0.2, -0.15) is 0 Å². The number of benzene rings is 2. The van der Waals surface area contributed by atoms with Gasteiger partial charge in [-0.05, 0) is 99.1 Å². The van der Waals surface area contributed by atoms with Crippen LogP contribution in [0.3, 0.4) is 0 Å². The summed E-state index contributed by atoms with van der Waals surface area (Å²) < 4.78 is 22.7. The standard InChI is InChI=1S/C39H54O6/c1-30(2)39(41)45-37-24-17-32(18-25-37)31-13-20-35(21-14-31)42-27-11-9-7-5-3-4-6-8-10-12-28-43-36-22-15-33(16-23-36)34-19-26-38(40)44-29-34/h13-14,17-18,20-21,24-25,33-34,36H,1,3-12,15-16,19,22-23,26-29H2,2H3. The molecule has 6 nitrogen and oxygen atoms in total. The smallest absolute Gasteiger partial charge is 0.338 e. The molecule has 0 radical (unpaired) electrons. The summed E-state index contributed by atoms with van der Waals surface area (Å²) in [6, 6.07) is 15.6. The lowest BCUT2D eigenvalue weighted by molar-refractivity contribution is -0.151. The largest absolute Gasteiger partial charge is 0.494 e. The summed E-state index contributed by atoms with van der Waals surface area (Å²) in [4.78, 5) is 23.0. The Hall–Kier alpha value is -3.12. The van der Waals surface area contributed by atoms with Crippen molar-refractivity contribution in [2.24, 2.45) is 11.8 Å². The van der Waals surface area contributed by atoms with Gasteiger partial charge in [0.2, 0.25) is 0 Å². The quantitative estimate of drug-likeness (QED) is 0.0676. The maximum Gasteiger partial charge on any atom is 0.338 e. The van der Waals surface area contributed by atoms with E-state index in [1.54, 1.807) is 19.1 Å². The molecular formula is C39H54O6. The highest BCUT2D eigenvalue weighted by molar-refractivity contribution is 5.88. The molecule has 2 aromatic carbocycles. The topological polar surface area (TPSA) is 71.1 Å². The summed E-state index contributed by atoms with van der Waals surface area (Å²) in [5.74, 6) is 2.28. The van der Waals surface area contributed by atoms with E-state index in [1.807, 2.05) is 24.3 Å². The zero-order chi connectivity index (χ0) is 31.7. The van der Waals surface area contributed by atoms with Crippen molar-refractivity contribution in [2.75, 3.05) is 19.8 Å². The predicted molar refractivity (Wildman–Crippen MR) is 179 cm³/mol. The number of esters is 2. The summed E-state index contributed by atoms with van der Waals surface area (Å²) in [5.41, 5.74) is 2.53. The summed E-state index contributed by atoms with van der Waals surface area (Å²) >= 11 is 0. The van der Waals surface area contributed by atoms with Crippen LogP contribution in [0.5, 0.6) is 11.5 Å². The third kappa shape index (κ3) is 12.7. The van der Waals surface area contributed by atoms with E-state index in [1.165, 1.54) is 83.5 Å². The molecule has 2 fully saturated rings. The Balaban J connectivity index is 0.924. The van der Waals surface area contributed by atoms with Gasteiger partial charge in [-0.25, -0.2) is 4.79 Å². The molecule has 1 unspecified atom stereocenters. The van der Waals surface area contributed by atoms with E-state index in [0.29, 0.717) is 36.4 Å². The van der Waals surface area contributed by atoms with Gasteiger partial charge in [0.25, 0.3) is 0 Å². The maximum atomic E-state index is 11.7. The first-order valence-electron chi connectivity index (χ1n) is 17.5. The second-order valence-electron chi connectivity index (χ2n) is 13.0. The third-order valence-corrected chi connectivity index (χ3v) is 9.33. The van der Waals surface area contributed by atoms with E-state index in [4.69, 9.17) is 18.9 Å². The van der Waals surface area contributed by atoms with Crippen molar-refractivity contribution in [1.29, 1.82) is 0 Å². The molecule has 0 amide bonds. The molecule has 1 saturated carbocycles. The number of carbonyl (C=O) groups is 2. The monoisotopic (exact) mass is 618 g/mol. The van der Waals surface area contributed by atoms with Gasteiger partial charge < -0.3 is 18.9 Å². The SMILES string of the molecule is C=C(C)C(=O)Oc1ccc(-c2ccc(OCCCCCCCCCCCCOC3CCC(C4CCC(=O)OC4)CC3)cc2)cc1. The molecule has 0 bridgehead atoms. The highest BCUT2D eigenvalue weighted by Crippen LogP contribution is 2.35. The summed E-state index contributed by atoms with van der Waals surface area (Å²) in [6.45, 7) is 7.54. The Kier molecular flexibility index (Phi) is 15.0. The molecule has 1 heterocycles. The number of rotatable bonds is 19. The molecule has 0 aromatic heterocycles. The molecule has 0 N–H and O–H groups in total. The number of hydrogen-bond acceptors (Lipinski definition) is 6. The second kappa shape index (κ2) is 19.4. The first kappa shape index (κ1) is 34.7. The molecule has 246 valence electrons. The van der Waals surface area contributed by atoms with Gasteiger partial charge in [0, 0.05) is 18.6 Å². The molecule has 1 saturated heterocycles. The first-order valence-corrected chi connectivity index (χ1v) is 17.5. The Bertz CT molecular complexity index is 1150. The molecule has 1 atom stereocenters. The van der Waals surface area contributed by atoms with Crippen molar-refractivity contribution < 1.29 is 28.5 Å². The average molecular weight is 619 g/mol. The zero-order valence-electron chi connectivity index (χ0n) is 27.4. The average Bonchev–Trinajstić information content (AvgIpc) is 3.06. The van der Waals surface area contributed by atoms with E-state index >= 15 is 0 Å². The Morgan fingerprint density at radius 1 is 0.711 bits per heavy atom. The van der Waals surface area contributed by atoms with Crippen LogP contribution in [0.4, 0.5) is 0 Å².